The van der Waals surface area contributed by atoms with Crippen LogP contribution in [-0.2, 0) is 0 Å². The van der Waals surface area contributed by atoms with E-state index in [1.54, 1.807) is 18.2 Å². The van der Waals surface area contributed by atoms with E-state index in [1.165, 1.54) is 18.4 Å². The molecule has 0 bridgehead atoms. The van der Waals surface area contributed by atoms with E-state index < -0.39 is 5.91 Å². The summed E-state index contributed by atoms with van der Waals surface area (Å²) in [6.45, 7) is 0.0146. The number of carbonyl (C=O) groups excluding carboxylic acids is 1. The van der Waals surface area contributed by atoms with E-state index in [4.69, 9.17) is 9.52 Å². The normalized spacial score (nSPS) is 10.3. The van der Waals surface area contributed by atoms with Gasteiger partial charge in [-0.1, -0.05) is 12.1 Å². The van der Waals surface area contributed by atoms with Gasteiger partial charge in [0.1, 0.15) is 5.82 Å². The average molecular weight is 249 g/mol. The Morgan fingerprint density at radius 3 is 2.67 bits per heavy atom. The zero-order valence-corrected chi connectivity index (χ0v) is 9.52. The van der Waals surface area contributed by atoms with Crippen LogP contribution in [0.25, 0.3) is 11.1 Å². The molecule has 5 heteroatoms. The Bertz CT molecular complexity index is 533. The third-order valence-corrected chi connectivity index (χ3v) is 2.42. The van der Waals surface area contributed by atoms with Crippen molar-refractivity contribution < 1.29 is 18.7 Å². The van der Waals surface area contributed by atoms with Crippen molar-refractivity contribution in [1.82, 2.24) is 5.32 Å². The highest BCUT2D eigenvalue weighted by Gasteiger charge is 2.16. The van der Waals surface area contributed by atoms with Gasteiger partial charge in [0.2, 0.25) is 0 Å². The Kier molecular flexibility index (Phi) is 3.74. The van der Waals surface area contributed by atoms with Crippen molar-refractivity contribution in [2.45, 2.75) is 0 Å². The first kappa shape index (κ1) is 12.3. The van der Waals surface area contributed by atoms with Gasteiger partial charge in [0.25, 0.3) is 5.91 Å². The molecule has 0 aliphatic rings. The number of amides is 1. The predicted octanol–water partition coefficient (Wildman–Crippen LogP) is 1.81. The Morgan fingerprint density at radius 2 is 2.00 bits per heavy atom. The van der Waals surface area contributed by atoms with Gasteiger partial charge in [-0.3, -0.25) is 4.79 Å². The van der Waals surface area contributed by atoms with Gasteiger partial charge in [-0.05, 0) is 23.8 Å². The van der Waals surface area contributed by atoms with E-state index in [-0.39, 0.29) is 24.7 Å². The number of furan rings is 1. The summed E-state index contributed by atoms with van der Waals surface area (Å²) < 4.78 is 17.9. The largest absolute Gasteiger partial charge is 0.459 e. The molecular weight excluding hydrogens is 237 g/mol. The lowest BCUT2D eigenvalue weighted by Gasteiger charge is -2.03. The van der Waals surface area contributed by atoms with Crippen LogP contribution in [0.4, 0.5) is 4.39 Å². The summed E-state index contributed by atoms with van der Waals surface area (Å²) in [4.78, 5) is 11.7. The number of hydrogen-bond donors (Lipinski definition) is 2. The van der Waals surface area contributed by atoms with Gasteiger partial charge in [-0.25, -0.2) is 4.39 Å². The number of nitrogens with one attached hydrogen (secondary N) is 1. The number of aliphatic hydroxyl groups excluding tert-OH is 1. The number of carbonyl (C=O) groups is 1. The van der Waals surface area contributed by atoms with Crippen LogP contribution in [0.2, 0.25) is 0 Å². The second kappa shape index (κ2) is 5.46. The molecule has 0 spiro atoms. The van der Waals surface area contributed by atoms with Crippen LogP contribution in [0, 0.1) is 5.82 Å². The lowest BCUT2D eigenvalue weighted by Crippen LogP contribution is -2.26. The molecule has 2 aromatic rings. The highest BCUT2D eigenvalue weighted by molar-refractivity contribution is 5.98. The number of aliphatic hydroxyl groups is 1. The summed E-state index contributed by atoms with van der Waals surface area (Å²) in [6, 6.07) is 7.42. The maximum Gasteiger partial charge on any atom is 0.287 e. The van der Waals surface area contributed by atoms with Crippen molar-refractivity contribution in [3.8, 4) is 11.1 Å². The van der Waals surface area contributed by atoms with E-state index in [9.17, 15) is 9.18 Å². The average Bonchev–Trinajstić information content (AvgIpc) is 2.86. The third-order valence-electron chi connectivity index (χ3n) is 2.42. The number of halogens is 1. The molecule has 0 saturated heterocycles. The molecule has 0 fully saturated rings. The molecule has 1 aromatic carbocycles. The van der Waals surface area contributed by atoms with Crippen LogP contribution in [0.5, 0.6) is 0 Å². The molecule has 0 radical (unpaired) electrons. The fourth-order valence-corrected chi connectivity index (χ4v) is 1.59. The molecule has 0 atom stereocenters. The molecule has 0 unspecified atom stereocenters. The molecule has 4 nitrogen and oxygen atoms in total. The van der Waals surface area contributed by atoms with Gasteiger partial charge in [0.15, 0.2) is 5.76 Å². The highest BCUT2D eigenvalue weighted by atomic mass is 19.1. The van der Waals surface area contributed by atoms with Crippen molar-refractivity contribution in [2.24, 2.45) is 0 Å². The zero-order valence-electron chi connectivity index (χ0n) is 9.52. The van der Waals surface area contributed by atoms with Crippen molar-refractivity contribution in [2.75, 3.05) is 13.2 Å². The molecule has 2 N–H and O–H groups in total. The summed E-state index contributed by atoms with van der Waals surface area (Å²) in [5.41, 5.74) is 1.28. The molecule has 0 aliphatic heterocycles. The van der Waals surface area contributed by atoms with Crippen molar-refractivity contribution in [1.29, 1.82) is 0 Å². The molecule has 0 aliphatic carbocycles. The summed E-state index contributed by atoms with van der Waals surface area (Å²) in [5.74, 6) is -0.600. The maximum absolute atomic E-state index is 12.8. The number of hydrogen-bond acceptors (Lipinski definition) is 3. The minimum Gasteiger partial charge on any atom is -0.459 e. The molecule has 94 valence electrons. The second-order valence-corrected chi connectivity index (χ2v) is 3.65. The molecule has 2 rings (SSSR count). The van der Waals surface area contributed by atoms with Gasteiger partial charge in [0, 0.05) is 12.1 Å². The molecule has 1 heterocycles. The summed E-state index contributed by atoms with van der Waals surface area (Å²) in [6.07, 6.45) is 1.40. The van der Waals surface area contributed by atoms with Gasteiger partial charge in [-0.15, -0.1) is 0 Å². The lowest BCUT2D eigenvalue weighted by molar-refractivity contribution is 0.0918. The smallest absolute Gasteiger partial charge is 0.287 e. The SMILES string of the molecule is O=C(NCCO)c1occc1-c1ccc(F)cc1. The first-order valence-corrected chi connectivity index (χ1v) is 5.45. The molecule has 1 aromatic heterocycles. The standard InChI is InChI=1S/C13H12FNO3/c14-10-3-1-9(2-4-10)11-5-8-18-12(11)13(17)15-6-7-16/h1-5,8,16H,6-7H2,(H,15,17). The predicted molar refractivity (Wildman–Crippen MR) is 63.5 cm³/mol. The van der Waals surface area contributed by atoms with Crippen LogP contribution in [0.15, 0.2) is 41.0 Å². The zero-order chi connectivity index (χ0) is 13.0. The minimum atomic E-state index is -0.409. The minimum absolute atomic E-state index is 0.141. The Hall–Kier alpha value is -2.14. The number of benzene rings is 1. The Balaban J connectivity index is 2.27. The van der Waals surface area contributed by atoms with E-state index in [2.05, 4.69) is 5.32 Å². The molecule has 0 saturated carbocycles. The van der Waals surface area contributed by atoms with E-state index in [0.29, 0.717) is 11.1 Å². The fourth-order valence-electron chi connectivity index (χ4n) is 1.59. The first-order chi connectivity index (χ1) is 8.72. The third kappa shape index (κ3) is 2.57. The van der Waals surface area contributed by atoms with E-state index in [1.807, 2.05) is 0 Å². The Morgan fingerprint density at radius 1 is 1.28 bits per heavy atom. The molecule has 1 amide bonds. The quantitative estimate of drug-likeness (QED) is 0.868. The van der Waals surface area contributed by atoms with Gasteiger partial charge in [0.05, 0.1) is 12.9 Å². The van der Waals surface area contributed by atoms with E-state index >= 15 is 0 Å². The van der Waals surface area contributed by atoms with Crippen molar-refractivity contribution in [3.05, 3.63) is 48.2 Å². The van der Waals surface area contributed by atoms with E-state index in [0.717, 1.165) is 0 Å². The maximum atomic E-state index is 12.8. The summed E-state index contributed by atoms with van der Waals surface area (Å²) in [5, 5.41) is 11.1. The van der Waals surface area contributed by atoms with Crippen LogP contribution >= 0.6 is 0 Å². The monoisotopic (exact) mass is 249 g/mol. The molecule has 18 heavy (non-hydrogen) atoms. The fraction of sp³-hybridized carbons (Fsp3) is 0.154. The van der Waals surface area contributed by atoms with Gasteiger partial charge < -0.3 is 14.8 Å². The van der Waals surface area contributed by atoms with Gasteiger partial charge >= 0.3 is 0 Å². The van der Waals surface area contributed by atoms with Gasteiger partial charge in [-0.2, -0.15) is 0 Å². The van der Waals surface area contributed by atoms with Crippen molar-refractivity contribution >= 4 is 5.91 Å². The summed E-state index contributed by atoms with van der Waals surface area (Å²) in [7, 11) is 0. The second-order valence-electron chi connectivity index (χ2n) is 3.65. The molecular formula is C13H12FNO3. The highest BCUT2D eigenvalue weighted by Crippen LogP contribution is 2.24. The van der Waals surface area contributed by atoms with Crippen LogP contribution < -0.4 is 5.32 Å². The first-order valence-electron chi connectivity index (χ1n) is 5.45. The topological polar surface area (TPSA) is 62.5 Å². The lowest BCUT2D eigenvalue weighted by atomic mass is 10.1. The van der Waals surface area contributed by atoms with Crippen LogP contribution in [0.1, 0.15) is 10.6 Å². The van der Waals surface area contributed by atoms with Crippen LogP contribution in [0.3, 0.4) is 0 Å². The summed E-state index contributed by atoms with van der Waals surface area (Å²) >= 11 is 0. The Labute approximate surface area is 103 Å². The van der Waals surface area contributed by atoms with Crippen LogP contribution in [-0.4, -0.2) is 24.2 Å². The number of rotatable bonds is 4. The van der Waals surface area contributed by atoms with Crippen molar-refractivity contribution in [3.63, 3.8) is 0 Å².